The number of nitrogens with two attached hydrogens (primary N) is 1. The summed E-state index contributed by atoms with van der Waals surface area (Å²) >= 11 is 2.36. The molecule has 0 atom stereocenters. The third-order valence-corrected chi connectivity index (χ3v) is 4.34. The molecule has 9 nitrogen and oxygen atoms in total. The first-order valence-electron chi connectivity index (χ1n) is 6.64. The number of esters is 2. The molecule has 0 spiro atoms. The van der Waals surface area contributed by atoms with Gasteiger partial charge in [-0.25, -0.2) is 24.8 Å². The van der Waals surface area contributed by atoms with Crippen molar-refractivity contribution in [2.45, 2.75) is 23.3 Å². The van der Waals surface area contributed by atoms with Crippen molar-refractivity contribution >= 4 is 40.0 Å². The number of H-pyrrole nitrogens is 1. The number of hydrogen-bond donors (Lipinski definition) is 3. The minimum Gasteiger partial charge on any atom is -0.461 e. The number of aromatic amines is 1. The van der Waals surface area contributed by atoms with Crippen LogP contribution in [0.15, 0.2) is 15.7 Å². The van der Waals surface area contributed by atoms with E-state index in [2.05, 4.69) is 15.0 Å². The molecule has 0 saturated heterocycles. The molecule has 0 aliphatic heterocycles. The molecule has 0 aliphatic carbocycles. The van der Waals surface area contributed by atoms with E-state index in [0.29, 0.717) is 14.5 Å². The molecule has 0 bridgehead atoms. The molecular formula is C12H15N4O5S2+. The summed E-state index contributed by atoms with van der Waals surface area (Å²) in [6.45, 7) is 3.66. The first kappa shape index (κ1) is 17.4. The van der Waals surface area contributed by atoms with Gasteiger partial charge in [-0.15, -0.1) is 0 Å². The van der Waals surface area contributed by atoms with Crippen LogP contribution in [-0.4, -0.2) is 45.3 Å². The number of nitrogens with one attached hydrogen (secondary N) is 1. The van der Waals surface area contributed by atoms with Gasteiger partial charge in [0.2, 0.25) is 5.00 Å². The first-order chi connectivity index (χ1) is 11.1. The molecule has 2 aromatic rings. The van der Waals surface area contributed by atoms with Gasteiger partial charge < -0.3 is 14.5 Å². The fraction of sp³-hybridized carbons (Fsp3) is 0.333. The van der Waals surface area contributed by atoms with Gasteiger partial charge in [0.1, 0.15) is 6.20 Å². The molecule has 0 aliphatic rings. The Labute approximate surface area is 139 Å². The van der Waals surface area contributed by atoms with Crippen molar-refractivity contribution in [3.63, 3.8) is 0 Å². The second-order valence-corrected chi connectivity index (χ2v) is 6.26. The van der Waals surface area contributed by atoms with E-state index < -0.39 is 11.9 Å². The quantitative estimate of drug-likeness (QED) is 0.492. The summed E-state index contributed by atoms with van der Waals surface area (Å²) in [5.41, 5.74) is 0.759. The van der Waals surface area contributed by atoms with Crippen molar-refractivity contribution in [2.24, 2.45) is 0 Å². The number of hydrogen-bond acceptors (Lipinski definition) is 9. The average molecular weight is 359 g/mol. The van der Waals surface area contributed by atoms with E-state index in [9.17, 15) is 9.59 Å². The van der Waals surface area contributed by atoms with Crippen molar-refractivity contribution in [3.8, 4) is 0 Å². The van der Waals surface area contributed by atoms with Crippen LogP contribution in [0.2, 0.25) is 0 Å². The summed E-state index contributed by atoms with van der Waals surface area (Å²) in [5, 5.41) is 9.80. The Morgan fingerprint density at radius 2 is 2.04 bits per heavy atom. The Kier molecular flexibility index (Phi) is 6.10. The molecule has 0 saturated carbocycles. The van der Waals surface area contributed by atoms with Gasteiger partial charge in [0.05, 0.1) is 13.2 Å². The maximum atomic E-state index is 11.9. The minimum absolute atomic E-state index is 0.0571. The lowest BCUT2D eigenvalue weighted by molar-refractivity contribution is -0.823. The molecule has 11 heteroatoms. The standard InChI is InChI=1S/C12H14N4O5S2/c1-3-20-9(17)7-8(10(18)21-4-2)15-11(14-7)23-12-13-5-6(16-19)22-12/h5,16,19H,3-4H2,1-2H3,(H,14,15)/p+1. The third-order valence-electron chi connectivity index (χ3n) is 2.44. The van der Waals surface area contributed by atoms with Crippen molar-refractivity contribution in [1.29, 1.82) is 0 Å². The fourth-order valence-electron chi connectivity index (χ4n) is 1.56. The first-order valence-corrected chi connectivity index (χ1v) is 8.27. The van der Waals surface area contributed by atoms with Crippen molar-refractivity contribution in [2.75, 3.05) is 13.2 Å². The van der Waals surface area contributed by atoms with Crippen LogP contribution >= 0.6 is 23.1 Å². The summed E-state index contributed by atoms with van der Waals surface area (Å²) in [6.07, 6.45) is 1.49. The highest BCUT2D eigenvalue weighted by atomic mass is 32.2. The molecule has 2 aromatic heterocycles. The van der Waals surface area contributed by atoms with Gasteiger partial charge in [-0.3, -0.25) is 0 Å². The Bertz CT molecular complexity index is 664. The molecule has 2 heterocycles. The second kappa shape index (κ2) is 8.06. The van der Waals surface area contributed by atoms with E-state index in [1.54, 1.807) is 13.8 Å². The molecule has 0 radical (unpaired) electrons. The summed E-state index contributed by atoms with van der Waals surface area (Å²) in [5.74, 6) is -1.39. The van der Waals surface area contributed by atoms with Gasteiger partial charge in [-0.2, -0.15) is 5.48 Å². The van der Waals surface area contributed by atoms with Crippen LogP contribution < -0.4 is 5.48 Å². The van der Waals surface area contributed by atoms with Crippen molar-refractivity contribution in [1.82, 2.24) is 15.0 Å². The third kappa shape index (κ3) is 4.28. The van der Waals surface area contributed by atoms with Crippen LogP contribution in [0.1, 0.15) is 34.8 Å². The molecule has 23 heavy (non-hydrogen) atoms. The Morgan fingerprint density at radius 3 is 2.65 bits per heavy atom. The predicted molar refractivity (Wildman–Crippen MR) is 80.1 cm³/mol. The zero-order valence-corrected chi connectivity index (χ0v) is 14.0. The maximum absolute atomic E-state index is 11.9. The van der Waals surface area contributed by atoms with Gasteiger partial charge in [0.15, 0.2) is 20.9 Å². The van der Waals surface area contributed by atoms with Gasteiger partial charge in [0.25, 0.3) is 0 Å². The number of carbonyl (C=O) groups is 2. The van der Waals surface area contributed by atoms with E-state index >= 15 is 0 Å². The largest absolute Gasteiger partial charge is 0.461 e. The Morgan fingerprint density at radius 1 is 1.35 bits per heavy atom. The highest BCUT2D eigenvalue weighted by Gasteiger charge is 2.25. The molecule has 124 valence electrons. The summed E-state index contributed by atoms with van der Waals surface area (Å²) < 4.78 is 10.4. The number of carbonyl (C=O) groups excluding carboxylic acids is 2. The Balaban J connectivity index is 2.28. The number of quaternary nitrogens is 1. The summed E-state index contributed by atoms with van der Waals surface area (Å²) in [4.78, 5) is 34.8. The molecular weight excluding hydrogens is 344 g/mol. The van der Waals surface area contributed by atoms with E-state index in [4.69, 9.17) is 14.7 Å². The zero-order valence-electron chi connectivity index (χ0n) is 12.4. The average Bonchev–Trinajstić information content (AvgIpc) is 3.15. The van der Waals surface area contributed by atoms with Crippen LogP contribution in [0, 0.1) is 0 Å². The maximum Gasteiger partial charge on any atom is 0.359 e. The summed E-state index contributed by atoms with van der Waals surface area (Å²) in [7, 11) is 0. The molecule has 0 aromatic carbocycles. The van der Waals surface area contributed by atoms with Gasteiger partial charge >= 0.3 is 11.9 Å². The number of ether oxygens (including phenoxy) is 2. The SMILES string of the molecule is CCOC(=O)c1nc(Sc2ncc([NH2+]O)s2)[nH]c1C(=O)OCC. The second-order valence-electron chi connectivity index (χ2n) is 3.97. The lowest BCUT2D eigenvalue weighted by Gasteiger charge is -2.01. The van der Waals surface area contributed by atoms with Crippen LogP contribution in [-0.2, 0) is 9.47 Å². The van der Waals surface area contributed by atoms with Crippen molar-refractivity contribution < 1.29 is 29.8 Å². The van der Waals surface area contributed by atoms with Crippen LogP contribution in [0.3, 0.4) is 0 Å². The number of aromatic nitrogens is 3. The molecule has 0 unspecified atom stereocenters. The monoisotopic (exact) mass is 359 g/mol. The molecule has 2 rings (SSSR count). The van der Waals surface area contributed by atoms with E-state index in [-0.39, 0.29) is 24.6 Å². The number of imidazole rings is 1. The molecule has 0 fully saturated rings. The van der Waals surface area contributed by atoms with E-state index in [0.717, 1.165) is 17.2 Å². The zero-order chi connectivity index (χ0) is 16.8. The molecule has 4 N–H and O–H groups in total. The van der Waals surface area contributed by atoms with Gasteiger partial charge in [0, 0.05) is 0 Å². The van der Waals surface area contributed by atoms with E-state index in [1.165, 1.54) is 17.5 Å². The van der Waals surface area contributed by atoms with Gasteiger partial charge in [-0.1, -0.05) is 0 Å². The lowest BCUT2D eigenvalue weighted by Crippen LogP contribution is -2.73. The van der Waals surface area contributed by atoms with Crippen LogP contribution in [0.5, 0.6) is 0 Å². The normalized spacial score (nSPS) is 10.6. The minimum atomic E-state index is -0.706. The van der Waals surface area contributed by atoms with E-state index in [1.807, 2.05) is 0 Å². The van der Waals surface area contributed by atoms with Crippen LogP contribution in [0.4, 0.5) is 5.00 Å². The van der Waals surface area contributed by atoms with Gasteiger partial charge in [-0.05, 0) is 36.9 Å². The Hall–Kier alpha value is -1.95. The lowest BCUT2D eigenvalue weighted by atomic mass is 10.3. The number of thiazole rings is 1. The number of rotatable bonds is 7. The smallest absolute Gasteiger partial charge is 0.359 e. The highest BCUT2D eigenvalue weighted by molar-refractivity contribution is 8.00. The highest BCUT2D eigenvalue weighted by Crippen LogP contribution is 2.30. The topological polar surface area (TPSA) is 131 Å². The fourth-order valence-corrected chi connectivity index (χ4v) is 3.28. The number of nitrogens with zero attached hydrogens (tertiary/aromatic N) is 2. The molecule has 0 amide bonds. The predicted octanol–water partition coefficient (Wildman–Crippen LogP) is 0.955. The van der Waals surface area contributed by atoms with Crippen LogP contribution in [0.25, 0.3) is 0 Å². The summed E-state index contributed by atoms with van der Waals surface area (Å²) in [6, 6.07) is 0. The van der Waals surface area contributed by atoms with Crippen molar-refractivity contribution in [3.05, 3.63) is 17.6 Å².